The van der Waals surface area contributed by atoms with E-state index in [9.17, 15) is 4.79 Å². The van der Waals surface area contributed by atoms with Crippen molar-refractivity contribution in [3.8, 4) is 11.5 Å². The first-order chi connectivity index (χ1) is 12.5. The van der Waals surface area contributed by atoms with Crippen LogP contribution in [0.5, 0.6) is 11.5 Å². The summed E-state index contributed by atoms with van der Waals surface area (Å²) in [7, 11) is 0. The third kappa shape index (κ3) is 4.66. The molecule has 0 saturated carbocycles. The van der Waals surface area contributed by atoms with Gasteiger partial charge < -0.3 is 14.2 Å². The molecule has 0 amide bonds. The van der Waals surface area contributed by atoms with E-state index in [0.29, 0.717) is 16.9 Å². The normalized spacial score (nSPS) is 13.2. The number of thioether (sulfide) groups is 1. The first-order valence-electron chi connectivity index (χ1n) is 7.96. The first kappa shape index (κ1) is 18.1. The summed E-state index contributed by atoms with van der Waals surface area (Å²) in [6.45, 7) is 5.70. The maximum Gasteiger partial charge on any atom is 0.316 e. The average Bonchev–Trinajstić information content (AvgIpc) is 3.25. The van der Waals surface area contributed by atoms with Crippen LogP contribution in [0.2, 0.25) is 0 Å². The molecule has 0 fully saturated rings. The van der Waals surface area contributed by atoms with E-state index < -0.39 is 0 Å². The van der Waals surface area contributed by atoms with Gasteiger partial charge in [-0.1, -0.05) is 11.8 Å². The van der Waals surface area contributed by atoms with Crippen LogP contribution in [0.3, 0.4) is 0 Å². The van der Waals surface area contributed by atoms with Crippen molar-refractivity contribution < 1.29 is 19.0 Å². The van der Waals surface area contributed by atoms with Gasteiger partial charge in [-0.2, -0.15) is 10.1 Å². The van der Waals surface area contributed by atoms with Crippen molar-refractivity contribution in [3.05, 3.63) is 23.8 Å². The van der Waals surface area contributed by atoms with Crippen molar-refractivity contribution in [1.29, 1.82) is 0 Å². The highest BCUT2D eigenvalue weighted by molar-refractivity contribution is 7.99. The average molecular weight is 377 g/mol. The van der Waals surface area contributed by atoms with Gasteiger partial charge in [-0.05, 0) is 39.0 Å². The first-order valence-corrected chi connectivity index (χ1v) is 8.95. The molecule has 1 aromatic carbocycles. The highest BCUT2D eigenvalue weighted by atomic mass is 32.2. The largest absolute Gasteiger partial charge is 0.462 e. The highest BCUT2D eigenvalue weighted by Gasteiger charge is 2.14. The van der Waals surface area contributed by atoms with Gasteiger partial charge in [-0.15, -0.1) is 5.10 Å². The summed E-state index contributed by atoms with van der Waals surface area (Å²) < 4.78 is 15.7. The second-order valence-electron chi connectivity index (χ2n) is 5.67. The number of nitrogens with zero attached hydrogens (tertiary/aromatic N) is 3. The lowest BCUT2D eigenvalue weighted by Crippen LogP contribution is -2.13. The fraction of sp³-hybridized carbons (Fsp3) is 0.375. The number of rotatable bonds is 7. The zero-order chi connectivity index (χ0) is 18.5. The molecule has 1 aliphatic rings. The van der Waals surface area contributed by atoms with Gasteiger partial charge in [-0.25, -0.2) is 10.5 Å². The lowest BCUT2D eigenvalue weighted by atomic mass is 10.1. The zero-order valence-electron chi connectivity index (χ0n) is 14.6. The molecule has 1 aromatic heterocycles. The van der Waals surface area contributed by atoms with Crippen LogP contribution in [0, 0.1) is 0 Å². The van der Waals surface area contributed by atoms with Crippen LogP contribution in [0.1, 0.15) is 26.3 Å². The molecule has 9 nitrogen and oxygen atoms in total. The number of anilines is 1. The molecule has 10 heteroatoms. The number of benzene rings is 1. The maximum atomic E-state index is 11.5. The molecule has 3 rings (SSSR count). The summed E-state index contributed by atoms with van der Waals surface area (Å²) in [5.74, 6) is 1.64. The Balaban J connectivity index is 1.55. The molecule has 2 heterocycles. The summed E-state index contributed by atoms with van der Waals surface area (Å²) in [4.78, 5) is 15.7. The standard InChI is InChI=1S/C16H19N5O4S/c1-9(2)25-14(22)7-26-16-17-15(20-21-16)19-18-10(3)11-4-5-12-13(6-11)24-8-23-12/h4-6,9H,7-8H2,1-3H3,(H2,17,19,20,21)/b18-10-. The molecule has 1 aliphatic heterocycles. The predicted octanol–water partition coefficient (Wildman–Crippen LogP) is 2.41. The molecular formula is C16H19N5O4S. The number of hydrogen-bond donors (Lipinski definition) is 2. The fourth-order valence-corrected chi connectivity index (χ4v) is 2.69. The topological polar surface area (TPSA) is 111 Å². The minimum Gasteiger partial charge on any atom is -0.462 e. The van der Waals surface area contributed by atoms with Crippen molar-refractivity contribution in [1.82, 2.24) is 15.2 Å². The molecular weight excluding hydrogens is 358 g/mol. The lowest BCUT2D eigenvalue weighted by molar-refractivity contribution is -0.144. The molecule has 2 aromatic rings. The van der Waals surface area contributed by atoms with Crippen molar-refractivity contribution in [2.24, 2.45) is 5.10 Å². The molecule has 0 saturated heterocycles. The number of carbonyl (C=O) groups excluding carboxylic acids is 1. The minimum atomic E-state index is -0.305. The van der Waals surface area contributed by atoms with Gasteiger partial charge in [0, 0.05) is 5.56 Å². The van der Waals surface area contributed by atoms with Gasteiger partial charge >= 0.3 is 5.97 Å². The van der Waals surface area contributed by atoms with Crippen LogP contribution < -0.4 is 14.9 Å². The van der Waals surface area contributed by atoms with E-state index in [4.69, 9.17) is 14.2 Å². The van der Waals surface area contributed by atoms with Gasteiger partial charge in [0.2, 0.25) is 17.9 Å². The monoisotopic (exact) mass is 377 g/mol. The van der Waals surface area contributed by atoms with Crippen LogP contribution >= 0.6 is 11.8 Å². The van der Waals surface area contributed by atoms with Crippen molar-refractivity contribution >= 4 is 29.4 Å². The molecule has 0 bridgehead atoms. The van der Waals surface area contributed by atoms with E-state index in [1.54, 1.807) is 13.8 Å². The van der Waals surface area contributed by atoms with Gasteiger partial charge in [0.1, 0.15) is 0 Å². The summed E-state index contributed by atoms with van der Waals surface area (Å²) >= 11 is 1.19. The lowest BCUT2D eigenvalue weighted by Gasteiger charge is -2.05. The van der Waals surface area contributed by atoms with E-state index >= 15 is 0 Å². The summed E-state index contributed by atoms with van der Waals surface area (Å²) in [6, 6.07) is 5.61. The van der Waals surface area contributed by atoms with Gasteiger partial charge in [0.05, 0.1) is 17.6 Å². The number of nitrogens with one attached hydrogen (secondary N) is 2. The van der Waals surface area contributed by atoms with E-state index in [2.05, 4.69) is 25.7 Å². The van der Waals surface area contributed by atoms with Crippen LogP contribution in [0.15, 0.2) is 28.5 Å². The Morgan fingerprint density at radius 2 is 2.23 bits per heavy atom. The Hall–Kier alpha value is -2.75. The molecule has 26 heavy (non-hydrogen) atoms. The number of fused-ring (bicyclic) bond motifs is 1. The second kappa shape index (κ2) is 8.09. The van der Waals surface area contributed by atoms with E-state index in [1.165, 1.54) is 11.8 Å². The number of hydrogen-bond acceptors (Lipinski definition) is 9. The number of aromatic amines is 1. The van der Waals surface area contributed by atoms with Gasteiger partial charge in [0.15, 0.2) is 11.5 Å². The Morgan fingerprint density at radius 3 is 3.04 bits per heavy atom. The molecule has 0 radical (unpaired) electrons. The van der Waals surface area contributed by atoms with Crippen LogP contribution in [-0.4, -0.2) is 45.5 Å². The van der Waals surface area contributed by atoms with Crippen LogP contribution in [-0.2, 0) is 9.53 Å². The fourth-order valence-electron chi connectivity index (χ4n) is 2.10. The van der Waals surface area contributed by atoms with Crippen LogP contribution in [0.4, 0.5) is 5.95 Å². The van der Waals surface area contributed by atoms with Crippen molar-refractivity contribution in [2.45, 2.75) is 32.0 Å². The number of ether oxygens (including phenoxy) is 3. The number of carbonyl (C=O) groups is 1. The van der Waals surface area contributed by atoms with Crippen molar-refractivity contribution in [2.75, 3.05) is 18.0 Å². The molecule has 2 N–H and O–H groups in total. The van der Waals surface area contributed by atoms with Gasteiger partial charge in [-0.3, -0.25) is 4.79 Å². The second-order valence-corrected chi connectivity index (χ2v) is 6.61. The smallest absolute Gasteiger partial charge is 0.316 e. The number of H-pyrrole nitrogens is 1. The third-order valence-electron chi connectivity index (χ3n) is 3.27. The molecule has 0 spiro atoms. The zero-order valence-corrected chi connectivity index (χ0v) is 15.4. The van der Waals surface area contributed by atoms with E-state index in [1.807, 2.05) is 25.1 Å². The predicted molar refractivity (Wildman–Crippen MR) is 96.7 cm³/mol. The summed E-state index contributed by atoms with van der Waals surface area (Å²) in [5, 5.41) is 11.4. The number of aromatic nitrogens is 3. The Kier molecular flexibility index (Phi) is 5.61. The minimum absolute atomic E-state index is 0.138. The van der Waals surface area contributed by atoms with Gasteiger partial charge in [0.25, 0.3) is 0 Å². The highest BCUT2D eigenvalue weighted by Crippen LogP contribution is 2.32. The summed E-state index contributed by atoms with van der Waals surface area (Å²) in [6.07, 6.45) is -0.138. The Morgan fingerprint density at radius 1 is 1.42 bits per heavy atom. The van der Waals surface area contributed by atoms with E-state index in [-0.39, 0.29) is 24.6 Å². The molecule has 138 valence electrons. The number of esters is 1. The summed E-state index contributed by atoms with van der Waals surface area (Å²) in [5.41, 5.74) is 4.45. The third-order valence-corrected chi connectivity index (χ3v) is 4.09. The number of hydrazone groups is 1. The maximum absolute atomic E-state index is 11.5. The Labute approximate surface area is 154 Å². The Bertz CT molecular complexity index is 821. The molecule has 0 atom stereocenters. The molecule has 0 aliphatic carbocycles. The van der Waals surface area contributed by atoms with Crippen LogP contribution in [0.25, 0.3) is 0 Å². The molecule has 0 unspecified atom stereocenters. The van der Waals surface area contributed by atoms with E-state index in [0.717, 1.165) is 17.0 Å². The van der Waals surface area contributed by atoms with Crippen molar-refractivity contribution in [3.63, 3.8) is 0 Å². The SMILES string of the molecule is C/C(=N/Nc1nc(SCC(=O)OC(C)C)n[nH]1)c1ccc2c(c1)OCO2. The quantitative estimate of drug-likeness (QED) is 0.328.